The van der Waals surface area contributed by atoms with E-state index < -0.39 is 0 Å². The number of carbonyl (C=O) groups excluding carboxylic acids is 1. The van der Waals surface area contributed by atoms with Crippen molar-refractivity contribution < 1.29 is 9.53 Å². The second-order valence-corrected chi connectivity index (χ2v) is 7.72. The molecule has 3 aromatic carbocycles. The number of benzene rings is 3. The number of hydrogen-bond acceptors (Lipinski definition) is 2. The average Bonchev–Trinajstić information content (AvgIpc) is 3.07. The van der Waals surface area contributed by atoms with Gasteiger partial charge in [-0.25, -0.2) is 0 Å². The zero-order valence-electron chi connectivity index (χ0n) is 15.8. The molecular weight excluding hydrogens is 346 g/mol. The Morgan fingerprint density at radius 3 is 2.50 bits per heavy atom. The molecule has 3 nitrogen and oxygen atoms in total. The molecule has 0 saturated carbocycles. The number of rotatable bonds is 4. The van der Waals surface area contributed by atoms with Gasteiger partial charge in [0.1, 0.15) is 12.4 Å². The Morgan fingerprint density at radius 2 is 1.64 bits per heavy atom. The monoisotopic (exact) mass is 369 g/mol. The maximum absolute atomic E-state index is 12.7. The predicted octanol–water partition coefficient (Wildman–Crippen LogP) is 4.71. The first-order valence-corrected chi connectivity index (χ1v) is 9.91. The Hall–Kier alpha value is -3.07. The van der Waals surface area contributed by atoms with Crippen molar-refractivity contribution in [1.29, 1.82) is 0 Å². The molecule has 2 aliphatic heterocycles. The van der Waals surface area contributed by atoms with Gasteiger partial charge in [0.15, 0.2) is 0 Å². The van der Waals surface area contributed by atoms with E-state index in [0.29, 0.717) is 13.0 Å². The third kappa shape index (κ3) is 3.18. The minimum absolute atomic E-state index is 0.223. The van der Waals surface area contributed by atoms with Crippen LogP contribution < -0.4 is 4.74 Å². The molecule has 0 aliphatic carbocycles. The Kier molecular flexibility index (Phi) is 4.36. The number of nitrogens with zero attached hydrogens (tertiary/aromatic N) is 1. The predicted molar refractivity (Wildman–Crippen MR) is 109 cm³/mol. The maximum atomic E-state index is 12.7. The van der Waals surface area contributed by atoms with Crippen LogP contribution >= 0.6 is 0 Å². The second kappa shape index (κ2) is 7.16. The van der Waals surface area contributed by atoms with E-state index in [1.54, 1.807) is 0 Å². The molecule has 2 atom stereocenters. The van der Waals surface area contributed by atoms with Crippen LogP contribution in [0.25, 0.3) is 0 Å². The fraction of sp³-hybridized carbons (Fsp3) is 0.240. The van der Waals surface area contributed by atoms with Crippen LogP contribution in [-0.4, -0.2) is 16.8 Å². The molecule has 0 aromatic heterocycles. The van der Waals surface area contributed by atoms with E-state index >= 15 is 0 Å². The van der Waals surface area contributed by atoms with Crippen LogP contribution in [0.1, 0.15) is 34.6 Å². The zero-order valence-corrected chi connectivity index (χ0v) is 15.8. The highest BCUT2D eigenvalue weighted by Gasteiger charge is 2.42. The van der Waals surface area contributed by atoms with Crippen molar-refractivity contribution in [3.05, 3.63) is 101 Å². The van der Waals surface area contributed by atoms with Crippen molar-refractivity contribution in [2.45, 2.75) is 38.0 Å². The molecule has 2 heterocycles. The molecule has 0 radical (unpaired) electrons. The zero-order chi connectivity index (χ0) is 18.9. The van der Waals surface area contributed by atoms with Crippen LogP contribution in [0.3, 0.4) is 0 Å². The third-order valence-corrected chi connectivity index (χ3v) is 6.00. The molecule has 3 heteroatoms. The highest BCUT2D eigenvalue weighted by atomic mass is 16.5. The van der Waals surface area contributed by atoms with Crippen LogP contribution in [0.15, 0.2) is 78.9 Å². The van der Waals surface area contributed by atoms with Crippen LogP contribution in [0.5, 0.6) is 5.75 Å². The first-order chi connectivity index (χ1) is 13.8. The molecule has 0 N–H and O–H groups in total. The molecule has 0 spiro atoms. The van der Waals surface area contributed by atoms with E-state index in [9.17, 15) is 4.79 Å². The van der Waals surface area contributed by atoms with Crippen molar-refractivity contribution >= 4 is 5.91 Å². The number of amides is 1. The van der Waals surface area contributed by atoms with Gasteiger partial charge in [-0.2, -0.15) is 0 Å². The van der Waals surface area contributed by atoms with E-state index in [-0.39, 0.29) is 17.9 Å². The minimum Gasteiger partial charge on any atom is -0.489 e. The lowest BCUT2D eigenvalue weighted by Gasteiger charge is -2.34. The first kappa shape index (κ1) is 17.1. The van der Waals surface area contributed by atoms with E-state index in [0.717, 1.165) is 24.3 Å². The van der Waals surface area contributed by atoms with Gasteiger partial charge in [0.05, 0.1) is 0 Å². The van der Waals surface area contributed by atoms with Gasteiger partial charge in [0.25, 0.3) is 0 Å². The summed E-state index contributed by atoms with van der Waals surface area (Å²) in [6, 6.07) is 27.2. The molecule has 2 aliphatic rings. The lowest BCUT2D eigenvalue weighted by Crippen LogP contribution is -2.39. The van der Waals surface area contributed by atoms with Crippen molar-refractivity contribution in [2.24, 2.45) is 0 Å². The quantitative estimate of drug-likeness (QED) is 0.667. The van der Waals surface area contributed by atoms with Gasteiger partial charge in [-0.3, -0.25) is 4.79 Å². The Bertz CT molecular complexity index is 998. The normalized spacial score (nSPS) is 20.6. The SMILES string of the molecule is O=C1C[C@@H](c2cccc(OCc3ccccc3)c2)[C@@H]2Cc3ccccc3CN12. The van der Waals surface area contributed by atoms with Crippen LogP contribution in [0.4, 0.5) is 0 Å². The fourth-order valence-corrected chi connectivity index (χ4v) is 4.54. The Labute approximate surface area is 165 Å². The summed E-state index contributed by atoms with van der Waals surface area (Å²) in [7, 11) is 0. The summed E-state index contributed by atoms with van der Waals surface area (Å²) in [6.45, 7) is 1.29. The molecular formula is C25H23NO2. The standard InChI is InChI=1S/C25H23NO2/c27-25-15-23(24-14-19-9-4-5-10-21(19)16-26(24)25)20-11-6-12-22(13-20)28-17-18-7-2-1-3-8-18/h1-13,23-24H,14-17H2/t23-,24-/m0/s1. The molecule has 140 valence electrons. The van der Waals surface area contributed by atoms with Crippen molar-refractivity contribution in [3.63, 3.8) is 0 Å². The average molecular weight is 369 g/mol. The maximum Gasteiger partial charge on any atom is 0.223 e. The van der Waals surface area contributed by atoms with Gasteiger partial charge in [-0.15, -0.1) is 0 Å². The van der Waals surface area contributed by atoms with Crippen LogP contribution in [-0.2, 0) is 24.4 Å². The largest absolute Gasteiger partial charge is 0.489 e. The van der Waals surface area contributed by atoms with Gasteiger partial charge in [-0.05, 0) is 40.8 Å². The molecule has 3 aromatic rings. The summed E-state index contributed by atoms with van der Waals surface area (Å²) in [6.07, 6.45) is 1.52. The van der Waals surface area contributed by atoms with Gasteiger partial charge in [0.2, 0.25) is 5.91 Å². The van der Waals surface area contributed by atoms with Crippen LogP contribution in [0, 0.1) is 0 Å². The molecule has 1 amide bonds. The van der Waals surface area contributed by atoms with E-state index in [1.807, 2.05) is 30.3 Å². The van der Waals surface area contributed by atoms with Crippen molar-refractivity contribution in [3.8, 4) is 5.75 Å². The third-order valence-electron chi connectivity index (χ3n) is 6.00. The van der Waals surface area contributed by atoms with E-state index in [4.69, 9.17) is 4.74 Å². The lowest BCUT2D eigenvalue weighted by atomic mass is 9.85. The van der Waals surface area contributed by atoms with Gasteiger partial charge < -0.3 is 9.64 Å². The highest BCUT2D eigenvalue weighted by Crippen LogP contribution is 2.41. The summed E-state index contributed by atoms with van der Waals surface area (Å²) in [5.41, 5.74) is 5.01. The molecule has 0 bridgehead atoms. The summed E-state index contributed by atoms with van der Waals surface area (Å²) in [4.78, 5) is 14.8. The Balaban J connectivity index is 1.37. The smallest absolute Gasteiger partial charge is 0.223 e. The highest BCUT2D eigenvalue weighted by molar-refractivity contribution is 5.81. The van der Waals surface area contributed by atoms with Crippen molar-refractivity contribution in [1.82, 2.24) is 4.90 Å². The van der Waals surface area contributed by atoms with Gasteiger partial charge in [0, 0.05) is 24.9 Å². The van der Waals surface area contributed by atoms with Crippen molar-refractivity contribution in [2.75, 3.05) is 0 Å². The van der Waals surface area contributed by atoms with Gasteiger partial charge in [-0.1, -0.05) is 66.7 Å². The Morgan fingerprint density at radius 1 is 0.857 bits per heavy atom. The first-order valence-electron chi connectivity index (χ1n) is 9.91. The van der Waals surface area contributed by atoms with E-state index in [2.05, 4.69) is 53.4 Å². The number of hydrogen-bond donors (Lipinski definition) is 0. The number of fused-ring (bicyclic) bond motifs is 2. The molecule has 1 saturated heterocycles. The summed E-state index contributed by atoms with van der Waals surface area (Å²) >= 11 is 0. The second-order valence-electron chi connectivity index (χ2n) is 7.72. The fourth-order valence-electron chi connectivity index (χ4n) is 4.54. The minimum atomic E-state index is 0.223. The van der Waals surface area contributed by atoms with Crippen LogP contribution in [0.2, 0.25) is 0 Å². The number of carbonyl (C=O) groups is 1. The molecule has 0 unspecified atom stereocenters. The molecule has 28 heavy (non-hydrogen) atoms. The topological polar surface area (TPSA) is 29.5 Å². The van der Waals surface area contributed by atoms with Gasteiger partial charge >= 0.3 is 0 Å². The van der Waals surface area contributed by atoms with E-state index in [1.165, 1.54) is 16.7 Å². The molecule has 1 fully saturated rings. The lowest BCUT2D eigenvalue weighted by molar-refractivity contribution is -0.129. The number of ether oxygens (including phenoxy) is 1. The summed E-state index contributed by atoms with van der Waals surface area (Å²) in [5.74, 6) is 1.35. The summed E-state index contributed by atoms with van der Waals surface area (Å²) in [5, 5.41) is 0. The molecule has 5 rings (SSSR count). The summed E-state index contributed by atoms with van der Waals surface area (Å²) < 4.78 is 6.01.